The summed E-state index contributed by atoms with van der Waals surface area (Å²) in [5, 5.41) is 11.1. The highest BCUT2D eigenvalue weighted by Gasteiger charge is 2.52. The Kier molecular flexibility index (Phi) is 11.0. The molecule has 0 atom stereocenters. The summed E-state index contributed by atoms with van der Waals surface area (Å²) in [6.45, 7) is 4.62. The molecule has 1 heterocycles. The molecule has 0 aromatic heterocycles. The molecule has 32 heavy (non-hydrogen) atoms. The van der Waals surface area contributed by atoms with Crippen molar-refractivity contribution in [2.75, 3.05) is 22.2 Å². The Morgan fingerprint density at radius 1 is 1.28 bits per heavy atom. The molecule has 1 amide bonds. The molecular weight excluding hydrogens is 557 g/mol. The number of amides is 1. The summed E-state index contributed by atoms with van der Waals surface area (Å²) < 4.78 is 5.96. The lowest BCUT2D eigenvalue weighted by atomic mass is 9.89. The number of carbonyl (C=O) groups is 1. The molecule has 1 aromatic rings. The first-order valence-electron chi connectivity index (χ1n) is 10.4. The highest BCUT2D eigenvalue weighted by molar-refractivity contribution is 9.09. The predicted octanol–water partition coefficient (Wildman–Crippen LogP) is 6.46. The van der Waals surface area contributed by atoms with Crippen LogP contribution in [0.3, 0.4) is 0 Å². The second kappa shape index (κ2) is 12.7. The first-order chi connectivity index (χ1) is 15.2. The maximum absolute atomic E-state index is 13.3. The summed E-state index contributed by atoms with van der Waals surface area (Å²) in [4.78, 5) is 16.9. The van der Waals surface area contributed by atoms with E-state index in [1.807, 2.05) is 19.9 Å². The zero-order valence-corrected chi connectivity index (χ0v) is 22.8. The molecule has 1 saturated carbocycles. The van der Waals surface area contributed by atoms with E-state index in [1.54, 1.807) is 23.1 Å². The van der Waals surface area contributed by atoms with Crippen LogP contribution in [-0.2, 0) is 9.53 Å². The Bertz CT molecular complexity index is 857. The number of benzene rings is 1. The number of nitrogens with zero attached hydrogens (tertiary/aromatic N) is 3. The highest BCUT2D eigenvalue weighted by atomic mass is 79.9. The van der Waals surface area contributed by atoms with E-state index in [0.29, 0.717) is 21.4 Å². The first-order valence-corrected chi connectivity index (χ1v) is 13.4. The fourth-order valence-electron chi connectivity index (χ4n) is 4.16. The van der Waals surface area contributed by atoms with Crippen LogP contribution in [-0.4, -0.2) is 50.9 Å². The van der Waals surface area contributed by atoms with Crippen molar-refractivity contribution in [2.24, 2.45) is 0 Å². The van der Waals surface area contributed by atoms with Crippen LogP contribution in [0.5, 0.6) is 0 Å². The van der Waals surface area contributed by atoms with E-state index in [0.717, 1.165) is 44.0 Å². The third-order valence-electron chi connectivity index (χ3n) is 5.70. The predicted molar refractivity (Wildman–Crippen MR) is 139 cm³/mol. The van der Waals surface area contributed by atoms with Crippen molar-refractivity contribution in [2.45, 2.75) is 63.6 Å². The van der Waals surface area contributed by atoms with Gasteiger partial charge in [-0.05, 0) is 76.4 Å². The van der Waals surface area contributed by atoms with Crippen LogP contribution < -0.4 is 4.90 Å². The lowest BCUT2D eigenvalue weighted by Crippen LogP contribution is -2.51. The molecule has 5 nitrogen and oxygen atoms in total. The van der Waals surface area contributed by atoms with Gasteiger partial charge in [-0.1, -0.05) is 27.5 Å². The number of hydrogen-bond donors (Lipinski definition) is 0. The molecule has 3 rings (SSSR count). The molecule has 0 unspecified atom stereocenters. The number of anilines is 1. The topological polar surface area (TPSA) is 56.6 Å². The van der Waals surface area contributed by atoms with Gasteiger partial charge in [-0.2, -0.15) is 5.26 Å². The maximum atomic E-state index is 13.3. The number of halogens is 4. The molecule has 0 spiro atoms. The minimum Gasteiger partial charge on any atom is -0.378 e. The Morgan fingerprint density at radius 2 is 1.91 bits per heavy atom. The van der Waals surface area contributed by atoms with Crippen LogP contribution >= 0.6 is 63.0 Å². The van der Waals surface area contributed by atoms with Gasteiger partial charge < -0.3 is 9.64 Å². The zero-order valence-electron chi connectivity index (χ0n) is 18.1. The third-order valence-corrected chi connectivity index (χ3v) is 6.95. The van der Waals surface area contributed by atoms with Crippen LogP contribution in [0.4, 0.5) is 5.69 Å². The van der Waals surface area contributed by atoms with Gasteiger partial charge in [-0.25, -0.2) is 0 Å². The number of nitriles is 1. The summed E-state index contributed by atoms with van der Waals surface area (Å²) in [6.07, 6.45) is 5.13. The molecule has 1 aliphatic carbocycles. The number of carbonyl (C=O) groups excluding carboxylic acids is 1. The molecule has 0 N–H and O–H groups in total. The van der Waals surface area contributed by atoms with Gasteiger partial charge in [0.2, 0.25) is 0 Å². The standard InChI is InChI=1S/C21H25BrClN3O2S.CH2Cl2/c1-21(2)19(27)25(16-5-4-14(13-24)18(23)12-16)20(29)26(21)15-6-8-17(9-7-15)28-11-3-10-22;2-1-3/h4-5,12,15,17H,3,6-11H2,1-2H3;1H2. The van der Waals surface area contributed by atoms with Gasteiger partial charge in [-0.3, -0.25) is 9.69 Å². The average Bonchev–Trinajstić information content (AvgIpc) is 2.93. The highest BCUT2D eigenvalue weighted by Crippen LogP contribution is 2.39. The summed E-state index contributed by atoms with van der Waals surface area (Å²) in [6, 6.07) is 7.23. The summed E-state index contributed by atoms with van der Waals surface area (Å²) >= 11 is 24.9. The monoisotopic (exact) mass is 581 g/mol. The minimum atomic E-state index is -0.730. The van der Waals surface area contributed by atoms with Gasteiger partial charge >= 0.3 is 0 Å². The molecule has 2 aliphatic rings. The Hall–Kier alpha value is -0.620. The third kappa shape index (κ3) is 6.28. The molecule has 1 aliphatic heterocycles. The molecule has 0 bridgehead atoms. The zero-order chi connectivity index (χ0) is 23.9. The lowest BCUT2D eigenvalue weighted by Gasteiger charge is -2.40. The molecule has 1 saturated heterocycles. The Morgan fingerprint density at radius 3 is 2.44 bits per heavy atom. The number of alkyl halides is 3. The van der Waals surface area contributed by atoms with E-state index in [2.05, 4.69) is 20.8 Å². The van der Waals surface area contributed by atoms with Crippen LogP contribution in [0.15, 0.2) is 18.2 Å². The normalized spacial score (nSPS) is 22.4. The molecule has 10 heteroatoms. The fraction of sp³-hybridized carbons (Fsp3) is 0.591. The van der Waals surface area contributed by atoms with Crippen molar-refractivity contribution in [1.82, 2.24) is 4.90 Å². The van der Waals surface area contributed by atoms with Crippen molar-refractivity contribution in [3.8, 4) is 6.07 Å². The van der Waals surface area contributed by atoms with Crippen LogP contribution in [0.2, 0.25) is 5.02 Å². The number of ether oxygens (including phenoxy) is 1. The second-order valence-corrected chi connectivity index (χ2v) is 10.4. The van der Waals surface area contributed by atoms with Gasteiger partial charge in [0.25, 0.3) is 5.91 Å². The number of rotatable bonds is 6. The molecule has 0 radical (unpaired) electrons. The lowest BCUT2D eigenvalue weighted by molar-refractivity contribution is -0.124. The number of thiocarbonyl (C=S) groups is 1. The van der Waals surface area contributed by atoms with Gasteiger partial charge in [-0.15, -0.1) is 23.2 Å². The Balaban J connectivity index is 0.00000114. The van der Waals surface area contributed by atoms with E-state index in [-0.39, 0.29) is 23.4 Å². The van der Waals surface area contributed by atoms with Gasteiger partial charge in [0.15, 0.2) is 5.11 Å². The quantitative estimate of drug-likeness (QED) is 0.219. The van der Waals surface area contributed by atoms with Gasteiger partial charge in [0, 0.05) is 18.0 Å². The van der Waals surface area contributed by atoms with E-state index >= 15 is 0 Å². The first kappa shape index (κ1) is 27.6. The largest absolute Gasteiger partial charge is 0.378 e. The van der Waals surface area contributed by atoms with Crippen molar-refractivity contribution < 1.29 is 9.53 Å². The van der Waals surface area contributed by atoms with Gasteiger partial charge in [0.1, 0.15) is 11.6 Å². The van der Waals surface area contributed by atoms with Crippen molar-refractivity contribution in [3.63, 3.8) is 0 Å². The van der Waals surface area contributed by atoms with Crippen molar-refractivity contribution >= 4 is 79.7 Å². The number of hydrogen-bond acceptors (Lipinski definition) is 4. The second-order valence-electron chi connectivity index (χ2n) is 8.07. The minimum absolute atomic E-state index is 0.0704. The summed E-state index contributed by atoms with van der Waals surface area (Å²) in [5.41, 5.74) is 0.250. The summed E-state index contributed by atoms with van der Waals surface area (Å²) in [7, 11) is 0. The van der Waals surface area contributed by atoms with E-state index < -0.39 is 5.54 Å². The van der Waals surface area contributed by atoms with Crippen molar-refractivity contribution in [1.29, 1.82) is 5.26 Å². The molecular formula is C22H27BrCl3N3O2S. The SMILES string of the molecule is CC1(C)C(=O)N(c2ccc(C#N)c(Cl)c2)C(=S)N1C1CCC(OCCCBr)CC1.ClCCl. The van der Waals surface area contributed by atoms with E-state index in [1.165, 1.54) is 0 Å². The van der Waals surface area contributed by atoms with Crippen molar-refractivity contribution in [3.05, 3.63) is 28.8 Å². The van der Waals surface area contributed by atoms with Crippen LogP contribution in [0, 0.1) is 11.3 Å². The van der Waals surface area contributed by atoms with Crippen LogP contribution in [0.25, 0.3) is 0 Å². The van der Waals surface area contributed by atoms with Crippen LogP contribution in [0.1, 0.15) is 51.5 Å². The smallest absolute Gasteiger partial charge is 0.258 e. The fourth-order valence-corrected chi connectivity index (χ4v) is 5.17. The summed E-state index contributed by atoms with van der Waals surface area (Å²) in [5.74, 6) is -0.0704. The van der Waals surface area contributed by atoms with E-state index in [4.69, 9.17) is 57.0 Å². The maximum Gasteiger partial charge on any atom is 0.258 e. The average molecular weight is 584 g/mol. The molecule has 1 aromatic carbocycles. The van der Waals surface area contributed by atoms with E-state index in [9.17, 15) is 4.79 Å². The molecule has 2 fully saturated rings. The van der Waals surface area contributed by atoms with Gasteiger partial charge in [0.05, 0.1) is 27.7 Å². The Labute approximate surface area is 219 Å². The molecule has 176 valence electrons.